The van der Waals surface area contributed by atoms with E-state index in [-0.39, 0.29) is 0 Å². The fraction of sp³-hybridized carbons (Fsp3) is 1.00. The zero-order valence-electron chi connectivity index (χ0n) is 12.8. The molecule has 0 amide bonds. The molecule has 0 aliphatic rings. The third-order valence-electron chi connectivity index (χ3n) is 2.93. The van der Waals surface area contributed by atoms with Gasteiger partial charge < -0.3 is 13.3 Å². The Morgan fingerprint density at radius 3 is 1.50 bits per heavy atom. The van der Waals surface area contributed by atoms with Gasteiger partial charge in [-0.15, -0.1) is 0 Å². The van der Waals surface area contributed by atoms with Crippen LogP contribution in [-0.2, 0) is 13.3 Å². The van der Waals surface area contributed by atoms with Gasteiger partial charge in [-0.25, -0.2) is 0 Å². The minimum Gasteiger partial charge on any atom is -0.374 e. The van der Waals surface area contributed by atoms with E-state index in [1.54, 1.807) is 0 Å². The predicted octanol–water partition coefficient (Wildman–Crippen LogP) is 4.40. The number of unbranched alkanes of at least 4 members (excludes halogenated alkanes) is 5. The van der Waals surface area contributed by atoms with E-state index in [0.29, 0.717) is 19.8 Å². The monoisotopic (exact) mass is 276 g/mol. The van der Waals surface area contributed by atoms with E-state index in [1.807, 2.05) is 20.8 Å². The van der Waals surface area contributed by atoms with Crippen LogP contribution < -0.4 is 0 Å². The highest BCUT2D eigenvalue weighted by Crippen LogP contribution is 2.20. The second-order valence-corrected chi connectivity index (χ2v) is 7.23. The maximum Gasteiger partial charge on any atom is 0.500 e. The van der Waals surface area contributed by atoms with Gasteiger partial charge in [0.15, 0.2) is 0 Å². The Morgan fingerprint density at radius 2 is 1.06 bits per heavy atom. The molecular formula is C14H32O3Si. The molecule has 0 radical (unpaired) electrons. The van der Waals surface area contributed by atoms with E-state index >= 15 is 0 Å². The van der Waals surface area contributed by atoms with E-state index in [4.69, 9.17) is 13.3 Å². The van der Waals surface area contributed by atoms with Gasteiger partial charge in [-0.1, -0.05) is 39.0 Å². The molecule has 0 aromatic heterocycles. The summed E-state index contributed by atoms with van der Waals surface area (Å²) in [5.74, 6) is 0. The van der Waals surface area contributed by atoms with Crippen molar-refractivity contribution in [3.63, 3.8) is 0 Å². The molecule has 0 spiro atoms. The van der Waals surface area contributed by atoms with Crippen LogP contribution in [0, 0.1) is 0 Å². The third kappa shape index (κ3) is 8.24. The molecule has 110 valence electrons. The van der Waals surface area contributed by atoms with Crippen molar-refractivity contribution in [1.29, 1.82) is 0 Å². The lowest BCUT2D eigenvalue weighted by Gasteiger charge is -2.28. The molecule has 0 aliphatic heterocycles. The molecule has 0 aliphatic carbocycles. The summed E-state index contributed by atoms with van der Waals surface area (Å²) in [5, 5.41) is 0. The first-order valence-electron chi connectivity index (χ1n) is 7.66. The van der Waals surface area contributed by atoms with E-state index in [9.17, 15) is 0 Å². The summed E-state index contributed by atoms with van der Waals surface area (Å²) in [6, 6.07) is 0.967. The molecule has 4 heteroatoms. The van der Waals surface area contributed by atoms with Gasteiger partial charge in [0, 0.05) is 25.9 Å². The topological polar surface area (TPSA) is 27.7 Å². The first-order valence-corrected chi connectivity index (χ1v) is 9.59. The van der Waals surface area contributed by atoms with Crippen LogP contribution in [0.15, 0.2) is 0 Å². The number of hydrogen-bond acceptors (Lipinski definition) is 3. The van der Waals surface area contributed by atoms with Crippen LogP contribution in [0.25, 0.3) is 0 Å². The molecule has 0 saturated carbocycles. The van der Waals surface area contributed by atoms with Crippen molar-refractivity contribution >= 4 is 8.80 Å². The van der Waals surface area contributed by atoms with Crippen molar-refractivity contribution in [1.82, 2.24) is 0 Å². The zero-order valence-corrected chi connectivity index (χ0v) is 13.8. The Balaban J connectivity index is 3.97. The molecule has 0 fully saturated rings. The summed E-state index contributed by atoms with van der Waals surface area (Å²) >= 11 is 0. The second-order valence-electron chi connectivity index (χ2n) is 4.50. The van der Waals surface area contributed by atoms with E-state index in [0.717, 1.165) is 12.5 Å². The van der Waals surface area contributed by atoms with Crippen LogP contribution in [0.5, 0.6) is 0 Å². The number of hydrogen-bond donors (Lipinski definition) is 0. The molecular weight excluding hydrogens is 244 g/mol. The van der Waals surface area contributed by atoms with Crippen molar-refractivity contribution in [2.75, 3.05) is 19.8 Å². The van der Waals surface area contributed by atoms with Crippen LogP contribution in [0.2, 0.25) is 6.04 Å². The molecule has 0 aromatic carbocycles. The third-order valence-corrected chi connectivity index (χ3v) is 6.08. The summed E-state index contributed by atoms with van der Waals surface area (Å²) in [7, 11) is -2.36. The average molecular weight is 276 g/mol. The minimum atomic E-state index is -2.36. The maximum atomic E-state index is 5.83. The first kappa shape index (κ1) is 18.1. The lowest BCUT2D eigenvalue weighted by molar-refractivity contribution is 0.0706. The van der Waals surface area contributed by atoms with Gasteiger partial charge in [0.05, 0.1) is 0 Å². The van der Waals surface area contributed by atoms with Gasteiger partial charge in [-0.3, -0.25) is 0 Å². The molecule has 3 nitrogen and oxygen atoms in total. The highest BCUT2D eigenvalue weighted by Gasteiger charge is 2.39. The Morgan fingerprint density at radius 1 is 0.611 bits per heavy atom. The van der Waals surface area contributed by atoms with Crippen molar-refractivity contribution in [3.8, 4) is 0 Å². The summed E-state index contributed by atoms with van der Waals surface area (Å²) in [5.41, 5.74) is 0. The fourth-order valence-electron chi connectivity index (χ4n) is 2.12. The second kappa shape index (κ2) is 12.1. The van der Waals surface area contributed by atoms with Gasteiger partial charge in [0.2, 0.25) is 0 Å². The molecule has 0 rings (SSSR count). The van der Waals surface area contributed by atoms with Crippen LogP contribution >= 0.6 is 0 Å². The van der Waals surface area contributed by atoms with E-state index < -0.39 is 8.80 Å². The van der Waals surface area contributed by atoms with Gasteiger partial charge in [0.25, 0.3) is 0 Å². The molecule has 18 heavy (non-hydrogen) atoms. The quantitative estimate of drug-likeness (QED) is 0.369. The summed E-state index contributed by atoms with van der Waals surface area (Å²) in [6.45, 7) is 10.3. The smallest absolute Gasteiger partial charge is 0.374 e. The normalized spacial score (nSPS) is 12.0. The maximum absolute atomic E-state index is 5.83. The Bertz CT molecular complexity index is 159. The standard InChI is InChI=1S/C14H32O3Si/c1-5-9-10-11-12-13-14-18(15-6-2,16-7-3)17-8-4/h5-14H2,1-4H3. The van der Waals surface area contributed by atoms with Crippen LogP contribution in [0.3, 0.4) is 0 Å². The van der Waals surface area contributed by atoms with Crippen molar-refractivity contribution < 1.29 is 13.3 Å². The first-order chi connectivity index (χ1) is 8.74. The highest BCUT2D eigenvalue weighted by atomic mass is 28.4. The van der Waals surface area contributed by atoms with Crippen molar-refractivity contribution in [2.45, 2.75) is 72.3 Å². The van der Waals surface area contributed by atoms with Crippen molar-refractivity contribution in [3.05, 3.63) is 0 Å². The largest absolute Gasteiger partial charge is 0.500 e. The lowest BCUT2D eigenvalue weighted by atomic mass is 10.1. The Hall–Kier alpha value is 0.0969. The summed E-state index contributed by atoms with van der Waals surface area (Å²) < 4.78 is 17.5. The predicted molar refractivity (Wildman–Crippen MR) is 78.8 cm³/mol. The highest BCUT2D eigenvalue weighted by molar-refractivity contribution is 6.60. The average Bonchev–Trinajstić information content (AvgIpc) is 2.35. The van der Waals surface area contributed by atoms with Crippen LogP contribution in [0.4, 0.5) is 0 Å². The van der Waals surface area contributed by atoms with E-state index in [1.165, 1.54) is 32.1 Å². The fourth-order valence-corrected chi connectivity index (χ4v) is 4.81. The molecule has 0 unspecified atom stereocenters. The summed E-state index contributed by atoms with van der Waals surface area (Å²) in [6.07, 6.45) is 7.75. The van der Waals surface area contributed by atoms with Crippen LogP contribution in [-0.4, -0.2) is 28.6 Å². The Kier molecular flexibility index (Phi) is 12.2. The zero-order chi connectivity index (χ0) is 13.7. The van der Waals surface area contributed by atoms with E-state index in [2.05, 4.69) is 6.92 Å². The van der Waals surface area contributed by atoms with Gasteiger partial charge in [0.1, 0.15) is 0 Å². The number of rotatable bonds is 13. The molecule has 0 saturated heterocycles. The molecule has 0 heterocycles. The Labute approximate surface area is 115 Å². The minimum absolute atomic E-state index is 0.683. The molecule has 0 atom stereocenters. The lowest BCUT2D eigenvalue weighted by Crippen LogP contribution is -2.45. The molecule has 0 aromatic rings. The summed E-state index contributed by atoms with van der Waals surface area (Å²) in [4.78, 5) is 0. The van der Waals surface area contributed by atoms with Gasteiger partial charge in [-0.2, -0.15) is 0 Å². The molecule has 0 N–H and O–H groups in total. The van der Waals surface area contributed by atoms with Crippen LogP contribution in [0.1, 0.15) is 66.2 Å². The van der Waals surface area contributed by atoms with Gasteiger partial charge >= 0.3 is 8.80 Å². The SMILES string of the molecule is CCCCCCCC[Si](OCC)(OCC)OCC. The molecule has 0 bridgehead atoms. The van der Waals surface area contributed by atoms with Gasteiger partial charge in [-0.05, 0) is 27.2 Å². The van der Waals surface area contributed by atoms with Crippen molar-refractivity contribution in [2.24, 2.45) is 0 Å².